The second kappa shape index (κ2) is 5.97. The van der Waals surface area contributed by atoms with Gasteiger partial charge in [0, 0.05) is 30.2 Å². The van der Waals surface area contributed by atoms with Crippen LogP contribution >= 0.6 is 11.8 Å². The number of fused-ring (bicyclic) bond motifs is 2. The predicted octanol–water partition coefficient (Wildman–Crippen LogP) is 0.792. The van der Waals surface area contributed by atoms with E-state index in [0.717, 1.165) is 17.2 Å². The first-order valence-corrected chi connectivity index (χ1v) is 10.2. The van der Waals surface area contributed by atoms with Crippen LogP contribution in [0.2, 0.25) is 0 Å². The molecule has 2 fully saturated rings. The van der Waals surface area contributed by atoms with Crippen LogP contribution in [0.3, 0.4) is 0 Å². The zero-order valence-corrected chi connectivity index (χ0v) is 15.2. The van der Waals surface area contributed by atoms with Gasteiger partial charge in [-0.15, -0.1) is 0 Å². The minimum atomic E-state index is -0.193. The van der Waals surface area contributed by atoms with Crippen molar-refractivity contribution >= 4 is 29.5 Å². The van der Waals surface area contributed by atoms with Crippen molar-refractivity contribution in [2.75, 3.05) is 13.1 Å². The third kappa shape index (κ3) is 2.35. The lowest BCUT2D eigenvalue weighted by atomic mass is 9.85. The number of carbonyl (C=O) groups excluding carboxylic acids is 3. The van der Waals surface area contributed by atoms with Crippen LogP contribution in [0.4, 0.5) is 0 Å². The Morgan fingerprint density at radius 1 is 1.12 bits per heavy atom. The Labute approximate surface area is 155 Å². The zero-order chi connectivity index (χ0) is 17.8. The summed E-state index contributed by atoms with van der Waals surface area (Å²) in [4.78, 5) is 40.9. The number of nitrogens with zero attached hydrogens (tertiary/aromatic N) is 4. The molecule has 0 radical (unpaired) electrons. The standard InChI is InChI=1S/C18H20N4O3S/c23-16(8-21-15-10-26-9-11(15)5-19-21)20-6-12(7-20)22-17(24)13-3-1-2-4-14(13)18(22)25/h1-2,5,12-14H,3-4,6-10H2. The summed E-state index contributed by atoms with van der Waals surface area (Å²) in [5.74, 6) is 1.38. The van der Waals surface area contributed by atoms with E-state index in [1.165, 1.54) is 10.5 Å². The molecule has 8 heteroatoms. The summed E-state index contributed by atoms with van der Waals surface area (Å²) >= 11 is 1.83. The van der Waals surface area contributed by atoms with Crippen LogP contribution in [0.1, 0.15) is 24.1 Å². The Hall–Kier alpha value is -2.09. The molecule has 1 aromatic rings. The molecule has 0 spiro atoms. The van der Waals surface area contributed by atoms with Crippen molar-refractivity contribution in [1.29, 1.82) is 0 Å². The Morgan fingerprint density at radius 2 is 1.81 bits per heavy atom. The number of hydrogen-bond acceptors (Lipinski definition) is 5. The lowest BCUT2D eigenvalue weighted by Gasteiger charge is -2.43. The summed E-state index contributed by atoms with van der Waals surface area (Å²) in [5.41, 5.74) is 2.36. The number of aromatic nitrogens is 2. The third-order valence-corrected chi connectivity index (χ3v) is 6.93. The lowest BCUT2D eigenvalue weighted by Crippen LogP contribution is -2.63. The molecule has 3 amide bonds. The molecule has 0 saturated carbocycles. The first kappa shape index (κ1) is 16.1. The summed E-state index contributed by atoms with van der Waals surface area (Å²) in [6.07, 6.45) is 7.15. The van der Waals surface area contributed by atoms with E-state index in [0.29, 0.717) is 25.9 Å². The molecule has 3 aliphatic heterocycles. The fourth-order valence-corrected chi connectivity index (χ4v) is 5.46. The van der Waals surface area contributed by atoms with E-state index in [-0.39, 0.29) is 42.1 Å². The Morgan fingerprint density at radius 3 is 2.50 bits per heavy atom. The average molecular weight is 372 g/mol. The smallest absolute Gasteiger partial charge is 0.244 e. The fourth-order valence-electron chi connectivity index (χ4n) is 4.37. The maximum Gasteiger partial charge on any atom is 0.244 e. The van der Waals surface area contributed by atoms with E-state index >= 15 is 0 Å². The van der Waals surface area contributed by atoms with Crippen LogP contribution in [0.15, 0.2) is 18.3 Å². The van der Waals surface area contributed by atoms with Gasteiger partial charge in [-0.25, -0.2) is 0 Å². The van der Waals surface area contributed by atoms with Gasteiger partial charge in [0.1, 0.15) is 6.54 Å². The van der Waals surface area contributed by atoms with E-state index in [4.69, 9.17) is 0 Å². The molecule has 7 nitrogen and oxygen atoms in total. The van der Waals surface area contributed by atoms with E-state index < -0.39 is 0 Å². The Bertz CT molecular complexity index is 800. The molecule has 136 valence electrons. The molecular formula is C18H20N4O3S. The topological polar surface area (TPSA) is 75.5 Å². The highest BCUT2D eigenvalue weighted by atomic mass is 32.2. The third-order valence-electron chi connectivity index (χ3n) is 5.94. The molecular weight excluding hydrogens is 352 g/mol. The van der Waals surface area contributed by atoms with Crippen molar-refractivity contribution in [1.82, 2.24) is 19.6 Å². The van der Waals surface area contributed by atoms with Crippen molar-refractivity contribution in [2.45, 2.75) is 36.9 Å². The number of hydrogen-bond donors (Lipinski definition) is 0. The van der Waals surface area contributed by atoms with Crippen LogP contribution in [0, 0.1) is 11.8 Å². The van der Waals surface area contributed by atoms with Crippen molar-refractivity contribution in [3.63, 3.8) is 0 Å². The van der Waals surface area contributed by atoms with Crippen LogP contribution < -0.4 is 0 Å². The minimum Gasteiger partial charge on any atom is -0.337 e. The maximum atomic E-state index is 12.6. The van der Waals surface area contributed by atoms with Crippen molar-refractivity contribution in [3.05, 3.63) is 29.6 Å². The van der Waals surface area contributed by atoms with Crippen LogP contribution in [-0.4, -0.2) is 56.4 Å². The van der Waals surface area contributed by atoms with Gasteiger partial charge in [0.25, 0.3) is 0 Å². The quantitative estimate of drug-likeness (QED) is 0.579. The second-order valence-corrected chi connectivity index (χ2v) is 8.41. The summed E-state index contributed by atoms with van der Waals surface area (Å²) in [5, 5.41) is 4.32. The van der Waals surface area contributed by atoms with E-state index in [1.54, 1.807) is 9.58 Å². The first-order valence-electron chi connectivity index (χ1n) is 9.04. The number of likely N-dealkylation sites (tertiary alicyclic amines) is 2. The zero-order valence-electron chi connectivity index (χ0n) is 14.3. The molecule has 4 aliphatic rings. The van der Waals surface area contributed by atoms with E-state index in [2.05, 4.69) is 5.10 Å². The molecule has 0 N–H and O–H groups in total. The molecule has 0 aromatic carbocycles. The number of thioether (sulfide) groups is 1. The highest BCUT2D eigenvalue weighted by Crippen LogP contribution is 2.37. The highest BCUT2D eigenvalue weighted by Gasteiger charge is 2.52. The minimum absolute atomic E-state index is 0.00206. The predicted molar refractivity (Wildman–Crippen MR) is 94.8 cm³/mol. The van der Waals surface area contributed by atoms with Gasteiger partial charge in [0.15, 0.2) is 0 Å². The van der Waals surface area contributed by atoms with Gasteiger partial charge in [-0.1, -0.05) is 12.2 Å². The normalized spacial score (nSPS) is 27.7. The molecule has 0 bridgehead atoms. The van der Waals surface area contributed by atoms with Crippen LogP contribution in [0.5, 0.6) is 0 Å². The number of allylic oxidation sites excluding steroid dienone is 2. The lowest BCUT2D eigenvalue weighted by molar-refractivity contribution is -0.153. The largest absolute Gasteiger partial charge is 0.337 e. The number of carbonyl (C=O) groups is 3. The van der Waals surface area contributed by atoms with Crippen LogP contribution in [0.25, 0.3) is 0 Å². The van der Waals surface area contributed by atoms with Gasteiger partial charge in [0.05, 0.1) is 29.8 Å². The Kier molecular flexibility index (Phi) is 3.70. The summed E-state index contributed by atoms with van der Waals surface area (Å²) in [6, 6.07) is -0.163. The van der Waals surface area contributed by atoms with Gasteiger partial charge < -0.3 is 4.90 Å². The van der Waals surface area contributed by atoms with Gasteiger partial charge in [-0.2, -0.15) is 16.9 Å². The summed E-state index contributed by atoms with van der Waals surface area (Å²) in [7, 11) is 0. The molecule has 1 aromatic heterocycles. The molecule has 1 aliphatic carbocycles. The molecule has 26 heavy (non-hydrogen) atoms. The van der Waals surface area contributed by atoms with Gasteiger partial charge >= 0.3 is 0 Å². The van der Waals surface area contributed by atoms with Gasteiger partial charge in [-0.05, 0) is 12.8 Å². The first-order chi connectivity index (χ1) is 12.6. The maximum absolute atomic E-state index is 12.6. The highest BCUT2D eigenvalue weighted by molar-refractivity contribution is 7.98. The summed E-state index contributed by atoms with van der Waals surface area (Å²) < 4.78 is 1.79. The van der Waals surface area contributed by atoms with Crippen molar-refractivity contribution in [2.24, 2.45) is 11.8 Å². The molecule has 2 unspecified atom stereocenters. The molecule has 4 heterocycles. The Balaban J connectivity index is 1.21. The van der Waals surface area contributed by atoms with E-state index in [9.17, 15) is 14.4 Å². The fraction of sp³-hybridized carbons (Fsp3) is 0.556. The SMILES string of the molecule is O=C(Cn1ncc2c1CSC2)N1CC(N2C(=O)C3CC=CCC3C2=O)C1. The average Bonchev–Trinajstić information content (AvgIpc) is 3.26. The van der Waals surface area contributed by atoms with Gasteiger partial charge in [0.2, 0.25) is 17.7 Å². The van der Waals surface area contributed by atoms with Gasteiger partial charge in [-0.3, -0.25) is 24.0 Å². The number of amides is 3. The van der Waals surface area contributed by atoms with Crippen LogP contribution in [-0.2, 0) is 32.4 Å². The molecule has 5 rings (SSSR count). The molecule has 2 saturated heterocycles. The number of imide groups is 1. The second-order valence-electron chi connectivity index (χ2n) is 7.42. The number of rotatable bonds is 3. The van der Waals surface area contributed by atoms with Crippen molar-refractivity contribution in [3.8, 4) is 0 Å². The van der Waals surface area contributed by atoms with E-state index in [1.807, 2.05) is 30.1 Å². The monoisotopic (exact) mass is 372 g/mol. The molecule has 2 atom stereocenters. The van der Waals surface area contributed by atoms with Crippen molar-refractivity contribution < 1.29 is 14.4 Å². The summed E-state index contributed by atoms with van der Waals surface area (Å²) in [6.45, 7) is 1.13.